The summed E-state index contributed by atoms with van der Waals surface area (Å²) in [5.41, 5.74) is 1.36. The van der Waals surface area contributed by atoms with Crippen LogP contribution in [0.1, 0.15) is 38.7 Å². The van der Waals surface area contributed by atoms with Crippen LogP contribution in [0.5, 0.6) is 0 Å². The number of rotatable bonds is 4. The molecule has 15 heavy (non-hydrogen) atoms. The lowest BCUT2D eigenvalue weighted by Crippen LogP contribution is -2.32. The largest absolute Gasteiger partial charge is 0.367 e. The average molecular weight is 206 g/mol. The summed E-state index contributed by atoms with van der Waals surface area (Å²) in [5, 5.41) is 3.68. The van der Waals surface area contributed by atoms with Gasteiger partial charge in [0.25, 0.3) is 0 Å². The summed E-state index contributed by atoms with van der Waals surface area (Å²) in [7, 11) is 0. The van der Waals surface area contributed by atoms with Crippen LogP contribution < -0.4 is 5.32 Å². The van der Waals surface area contributed by atoms with Gasteiger partial charge in [-0.05, 0) is 36.3 Å². The summed E-state index contributed by atoms with van der Waals surface area (Å²) in [4.78, 5) is 3.10. The molecular weight excluding hydrogens is 184 g/mol. The lowest BCUT2D eigenvalue weighted by atomic mass is 9.93. The van der Waals surface area contributed by atoms with Crippen molar-refractivity contribution in [3.63, 3.8) is 0 Å². The normalized spacial score (nSPS) is 30.9. The summed E-state index contributed by atoms with van der Waals surface area (Å²) in [6.07, 6.45) is 8.16. The number of aromatic nitrogens is 1. The van der Waals surface area contributed by atoms with Crippen molar-refractivity contribution in [3.8, 4) is 0 Å². The van der Waals surface area contributed by atoms with Crippen LogP contribution in [-0.4, -0.2) is 11.0 Å². The zero-order chi connectivity index (χ0) is 10.7. The van der Waals surface area contributed by atoms with E-state index in [1.54, 1.807) is 0 Å². The minimum Gasteiger partial charge on any atom is -0.367 e. The molecule has 0 bridgehead atoms. The Labute approximate surface area is 92.5 Å². The maximum absolute atomic E-state index is 3.68. The molecule has 1 aliphatic rings. The zero-order valence-electron chi connectivity index (χ0n) is 9.79. The lowest BCUT2D eigenvalue weighted by molar-refractivity contribution is 0.344. The second-order valence-electron chi connectivity index (χ2n) is 4.81. The molecule has 1 aliphatic carbocycles. The monoisotopic (exact) mass is 206 g/mol. The van der Waals surface area contributed by atoms with Crippen molar-refractivity contribution in [1.82, 2.24) is 10.3 Å². The van der Waals surface area contributed by atoms with Crippen LogP contribution in [0.25, 0.3) is 0 Å². The van der Waals surface area contributed by atoms with E-state index in [4.69, 9.17) is 0 Å². The minimum atomic E-state index is 0.727. The number of aromatic amines is 1. The summed E-state index contributed by atoms with van der Waals surface area (Å²) in [5.74, 6) is 1.78. The lowest BCUT2D eigenvalue weighted by Gasteiger charge is -2.20. The molecule has 0 radical (unpaired) electrons. The van der Waals surface area contributed by atoms with Crippen LogP contribution in [0, 0.1) is 11.8 Å². The van der Waals surface area contributed by atoms with Crippen molar-refractivity contribution in [3.05, 3.63) is 24.0 Å². The van der Waals surface area contributed by atoms with E-state index in [-0.39, 0.29) is 0 Å². The van der Waals surface area contributed by atoms with Crippen LogP contribution in [0.15, 0.2) is 18.5 Å². The van der Waals surface area contributed by atoms with E-state index < -0.39 is 0 Å². The van der Waals surface area contributed by atoms with Gasteiger partial charge in [-0.15, -0.1) is 0 Å². The van der Waals surface area contributed by atoms with Crippen LogP contribution in [0.4, 0.5) is 0 Å². The summed E-state index contributed by atoms with van der Waals surface area (Å²) in [6.45, 7) is 5.72. The highest BCUT2D eigenvalue weighted by atomic mass is 14.9. The molecule has 1 fully saturated rings. The van der Waals surface area contributed by atoms with Gasteiger partial charge in [0.05, 0.1) is 0 Å². The van der Waals surface area contributed by atoms with Gasteiger partial charge < -0.3 is 10.3 Å². The van der Waals surface area contributed by atoms with Crippen molar-refractivity contribution in [1.29, 1.82) is 0 Å². The Morgan fingerprint density at radius 1 is 1.47 bits per heavy atom. The molecule has 0 spiro atoms. The Kier molecular flexibility index (Phi) is 3.47. The molecule has 1 heterocycles. The van der Waals surface area contributed by atoms with E-state index in [0.717, 1.165) is 24.4 Å². The van der Waals surface area contributed by atoms with Gasteiger partial charge in [-0.1, -0.05) is 20.3 Å². The van der Waals surface area contributed by atoms with E-state index in [9.17, 15) is 0 Å². The Balaban J connectivity index is 1.81. The Bertz CT molecular complexity index is 279. The molecule has 3 unspecified atom stereocenters. The van der Waals surface area contributed by atoms with E-state index in [0.29, 0.717) is 0 Å². The maximum Gasteiger partial charge on any atom is 0.0223 e. The van der Waals surface area contributed by atoms with E-state index in [2.05, 4.69) is 36.4 Å². The molecule has 0 amide bonds. The topological polar surface area (TPSA) is 27.8 Å². The van der Waals surface area contributed by atoms with Crippen molar-refractivity contribution in [2.75, 3.05) is 0 Å². The molecule has 2 rings (SSSR count). The van der Waals surface area contributed by atoms with Crippen molar-refractivity contribution in [2.45, 2.75) is 45.7 Å². The van der Waals surface area contributed by atoms with Crippen LogP contribution >= 0.6 is 0 Å². The summed E-state index contributed by atoms with van der Waals surface area (Å²) < 4.78 is 0. The Morgan fingerprint density at radius 3 is 2.93 bits per heavy atom. The van der Waals surface area contributed by atoms with Crippen LogP contribution in [0.2, 0.25) is 0 Å². The quantitative estimate of drug-likeness (QED) is 0.779. The number of hydrogen-bond donors (Lipinski definition) is 2. The molecule has 2 heteroatoms. The molecule has 0 aromatic carbocycles. The first-order chi connectivity index (χ1) is 7.31. The SMILES string of the molecule is CCC1CCC(NCc2cc[nH]c2)C1C. The average Bonchev–Trinajstić information content (AvgIpc) is 2.85. The van der Waals surface area contributed by atoms with Gasteiger partial charge in [0.1, 0.15) is 0 Å². The standard InChI is InChI=1S/C13H22N2/c1-3-12-4-5-13(10(12)2)15-9-11-6-7-14-8-11/h6-8,10,12-15H,3-5,9H2,1-2H3. The maximum atomic E-state index is 3.68. The molecule has 0 aliphatic heterocycles. The van der Waals surface area contributed by atoms with Crippen LogP contribution in [0.3, 0.4) is 0 Å². The van der Waals surface area contributed by atoms with Gasteiger partial charge in [0.15, 0.2) is 0 Å². The zero-order valence-corrected chi connectivity index (χ0v) is 9.79. The Morgan fingerprint density at radius 2 is 2.33 bits per heavy atom. The molecule has 84 valence electrons. The second kappa shape index (κ2) is 4.84. The Hall–Kier alpha value is -0.760. The smallest absolute Gasteiger partial charge is 0.0223 e. The van der Waals surface area contributed by atoms with Gasteiger partial charge in [0, 0.05) is 25.0 Å². The van der Waals surface area contributed by atoms with Crippen molar-refractivity contribution < 1.29 is 0 Å². The molecule has 0 saturated heterocycles. The van der Waals surface area contributed by atoms with Gasteiger partial charge in [-0.25, -0.2) is 0 Å². The van der Waals surface area contributed by atoms with Crippen LogP contribution in [-0.2, 0) is 6.54 Å². The third-order valence-electron chi connectivity index (χ3n) is 3.98. The highest BCUT2D eigenvalue weighted by molar-refractivity contribution is 5.08. The highest BCUT2D eigenvalue weighted by Crippen LogP contribution is 2.33. The summed E-state index contributed by atoms with van der Waals surface area (Å²) in [6, 6.07) is 2.87. The van der Waals surface area contributed by atoms with E-state index in [1.807, 2.05) is 6.20 Å². The molecule has 2 N–H and O–H groups in total. The molecule has 1 saturated carbocycles. The first-order valence-corrected chi connectivity index (χ1v) is 6.16. The fourth-order valence-electron chi connectivity index (χ4n) is 2.83. The van der Waals surface area contributed by atoms with Gasteiger partial charge in [0.2, 0.25) is 0 Å². The predicted octanol–water partition coefficient (Wildman–Crippen LogP) is 2.93. The molecule has 2 nitrogen and oxygen atoms in total. The van der Waals surface area contributed by atoms with Gasteiger partial charge in [-0.2, -0.15) is 0 Å². The predicted molar refractivity (Wildman–Crippen MR) is 63.6 cm³/mol. The number of nitrogens with one attached hydrogen (secondary N) is 2. The first-order valence-electron chi connectivity index (χ1n) is 6.16. The van der Waals surface area contributed by atoms with Gasteiger partial charge in [-0.3, -0.25) is 0 Å². The highest BCUT2D eigenvalue weighted by Gasteiger charge is 2.30. The van der Waals surface area contributed by atoms with E-state index >= 15 is 0 Å². The first kappa shape index (κ1) is 10.7. The third kappa shape index (κ3) is 2.43. The second-order valence-corrected chi connectivity index (χ2v) is 4.81. The van der Waals surface area contributed by atoms with Gasteiger partial charge >= 0.3 is 0 Å². The molecule has 1 aromatic heterocycles. The van der Waals surface area contributed by atoms with Crippen molar-refractivity contribution >= 4 is 0 Å². The fraction of sp³-hybridized carbons (Fsp3) is 0.692. The molecule has 1 aromatic rings. The molecule has 3 atom stereocenters. The van der Waals surface area contributed by atoms with E-state index in [1.165, 1.54) is 24.8 Å². The number of H-pyrrole nitrogens is 1. The molecular formula is C13H22N2. The summed E-state index contributed by atoms with van der Waals surface area (Å²) >= 11 is 0. The minimum absolute atomic E-state index is 0.727. The number of hydrogen-bond acceptors (Lipinski definition) is 1. The van der Waals surface area contributed by atoms with Crippen molar-refractivity contribution in [2.24, 2.45) is 11.8 Å². The fourth-order valence-corrected chi connectivity index (χ4v) is 2.83. The third-order valence-corrected chi connectivity index (χ3v) is 3.98.